The molecule has 0 spiro atoms. The predicted octanol–water partition coefficient (Wildman–Crippen LogP) is 3.13. The summed E-state index contributed by atoms with van der Waals surface area (Å²) in [6.07, 6.45) is 3.68. The van der Waals surface area contributed by atoms with Gasteiger partial charge in [0.25, 0.3) is 0 Å². The number of benzene rings is 1. The van der Waals surface area contributed by atoms with Gasteiger partial charge in [-0.3, -0.25) is 4.79 Å². The Kier molecular flexibility index (Phi) is 3.92. The number of hydrogen-bond donors (Lipinski definition) is 1. The van der Waals surface area contributed by atoms with E-state index in [1.165, 1.54) is 11.3 Å². The normalized spacial score (nSPS) is 13.0. The number of nitrogens with one attached hydrogen (secondary N) is 1. The second kappa shape index (κ2) is 5.85. The zero-order valence-electron chi connectivity index (χ0n) is 12.2. The zero-order valence-corrected chi connectivity index (χ0v) is 13.0. The molecule has 0 aliphatic heterocycles. The van der Waals surface area contributed by atoms with Crippen molar-refractivity contribution in [1.82, 2.24) is 4.98 Å². The number of aromatic nitrogens is 1. The molecular weight excluding hydrogens is 284 g/mol. The van der Waals surface area contributed by atoms with Gasteiger partial charge in [0.1, 0.15) is 5.75 Å². The van der Waals surface area contributed by atoms with Crippen LogP contribution in [0.1, 0.15) is 28.1 Å². The van der Waals surface area contributed by atoms with Crippen LogP contribution in [0.25, 0.3) is 0 Å². The highest BCUT2D eigenvalue weighted by atomic mass is 32.1. The molecule has 2 aromatic rings. The lowest BCUT2D eigenvalue weighted by Crippen LogP contribution is -2.14. The SMILES string of the molecule is COc1ccc(CC(=O)Nc2nc3c(s2)CCC3)cc1C. The van der Waals surface area contributed by atoms with Crippen LogP contribution in [0.15, 0.2) is 18.2 Å². The van der Waals surface area contributed by atoms with Crippen LogP contribution in [-0.4, -0.2) is 18.0 Å². The Morgan fingerprint density at radius 1 is 1.43 bits per heavy atom. The summed E-state index contributed by atoms with van der Waals surface area (Å²) in [5, 5.41) is 3.64. The van der Waals surface area contributed by atoms with Crippen LogP contribution < -0.4 is 10.1 Å². The lowest BCUT2D eigenvalue weighted by Gasteiger charge is -2.07. The van der Waals surface area contributed by atoms with Crippen LogP contribution in [0.5, 0.6) is 5.75 Å². The number of hydrogen-bond acceptors (Lipinski definition) is 4. The number of amides is 1. The quantitative estimate of drug-likeness (QED) is 0.944. The fourth-order valence-corrected chi connectivity index (χ4v) is 3.71. The highest BCUT2D eigenvalue weighted by Gasteiger charge is 2.17. The Morgan fingerprint density at radius 3 is 3.00 bits per heavy atom. The first-order valence-electron chi connectivity index (χ1n) is 7.07. The number of carbonyl (C=O) groups excluding carboxylic acids is 1. The molecule has 0 saturated carbocycles. The second-order valence-electron chi connectivity index (χ2n) is 5.27. The molecule has 5 heteroatoms. The molecule has 110 valence electrons. The molecule has 1 aliphatic carbocycles. The number of thiazole rings is 1. The van der Waals surface area contributed by atoms with Gasteiger partial charge in [-0.05, 0) is 43.4 Å². The molecule has 0 saturated heterocycles. The van der Waals surface area contributed by atoms with Crippen molar-refractivity contribution < 1.29 is 9.53 Å². The number of carbonyl (C=O) groups is 1. The number of rotatable bonds is 4. The smallest absolute Gasteiger partial charge is 0.230 e. The van der Waals surface area contributed by atoms with E-state index < -0.39 is 0 Å². The van der Waals surface area contributed by atoms with Crippen molar-refractivity contribution in [3.8, 4) is 5.75 Å². The van der Waals surface area contributed by atoms with Crippen LogP contribution >= 0.6 is 11.3 Å². The van der Waals surface area contributed by atoms with Gasteiger partial charge in [0.05, 0.1) is 19.2 Å². The first-order valence-corrected chi connectivity index (χ1v) is 7.89. The monoisotopic (exact) mass is 302 g/mol. The third-order valence-corrected chi connectivity index (χ3v) is 4.74. The number of aryl methyl sites for hydroxylation is 3. The molecule has 0 atom stereocenters. The van der Waals surface area contributed by atoms with Gasteiger partial charge in [0, 0.05) is 4.88 Å². The maximum atomic E-state index is 12.1. The third-order valence-electron chi connectivity index (χ3n) is 3.67. The van der Waals surface area contributed by atoms with Crippen molar-refractivity contribution >= 4 is 22.4 Å². The van der Waals surface area contributed by atoms with Crippen molar-refractivity contribution in [2.75, 3.05) is 12.4 Å². The number of fused-ring (bicyclic) bond motifs is 1. The molecule has 1 aliphatic rings. The van der Waals surface area contributed by atoms with Gasteiger partial charge in [0.15, 0.2) is 5.13 Å². The van der Waals surface area contributed by atoms with Crippen LogP contribution in [-0.2, 0) is 24.1 Å². The maximum Gasteiger partial charge on any atom is 0.230 e. The lowest BCUT2D eigenvalue weighted by atomic mass is 10.1. The summed E-state index contributed by atoms with van der Waals surface area (Å²) >= 11 is 1.61. The molecule has 21 heavy (non-hydrogen) atoms. The summed E-state index contributed by atoms with van der Waals surface area (Å²) in [5.41, 5.74) is 3.18. The van der Waals surface area contributed by atoms with E-state index in [0.29, 0.717) is 6.42 Å². The number of methoxy groups -OCH3 is 1. The van der Waals surface area contributed by atoms with Crippen LogP contribution in [0.3, 0.4) is 0 Å². The first kappa shape index (κ1) is 14.1. The number of nitrogens with zero attached hydrogens (tertiary/aromatic N) is 1. The van der Waals surface area contributed by atoms with E-state index in [2.05, 4.69) is 10.3 Å². The molecule has 1 aromatic carbocycles. The summed E-state index contributed by atoms with van der Waals surface area (Å²) in [4.78, 5) is 17.9. The molecule has 1 amide bonds. The summed E-state index contributed by atoms with van der Waals surface area (Å²) in [6, 6.07) is 5.81. The molecular formula is C16H18N2O2S. The van der Waals surface area contributed by atoms with E-state index in [1.807, 2.05) is 25.1 Å². The van der Waals surface area contributed by atoms with Crippen molar-refractivity contribution in [3.05, 3.63) is 39.9 Å². The number of ether oxygens (including phenoxy) is 1. The highest BCUT2D eigenvalue weighted by Crippen LogP contribution is 2.30. The van der Waals surface area contributed by atoms with Gasteiger partial charge in [-0.25, -0.2) is 4.98 Å². The minimum absolute atomic E-state index is 0.0213. The lowest BCUT2D eigenvalue weighted by molar-refractivity contribution is -0.115. The molecule has 3 rings (SSSR count). The second-order valence-corrected chi connectivity index (χ2v) is 6.35. The Hall–Kier alpha value is -1.88. The Morgan fingerprint density at radius 2 is 2.29 bits per heavy atom. The van der Waals surface area contributed by atoms with Crippen molar-refractivity contribution in [3.63, 3.8) is 0 Å². The Bertz CT molecular complexity index is 657. The maximum absolute atomic E-state index is 12.1. The van der Waals surface area contributed by atoms with E-state index in [0.717, 1.165) is 40.5 Å². The summed E-state index contributed by atoms with van der Waals surface area (Å²) in [7, 11) is 1.65. The highest BCUT2D eigenvalue weighted by molar-refractivity contribution is 7.15. The summed E-state index contributed by atoms with van der Waals surface area (Å²) < 4.78 is 5.23. The standard InChI is InChI=1S/C16H18N2O2S/c1-10-8-11(6-7-13(10)20-2)9-15(19)18-16-17-12-4-3-5-14(12)21-16/h6-8H,3-5,9H2,1-2H3,(H,17,18,19). The predicted molar refractivity (Wildman–Crippen MR) is 84.2 cm³/mol. The minimum Gasteiger partial charge on any atom is -0.496 e. The van der Waals surface area contributed by atoms with Crippen LogP contribution in [0.4, 0.5) is 5.13 Å². The van der Waals surface area contributed by atoms with Gasteiger partial charge >= 0.3 is 0 Å². The number of anilines is 1. The average Bonchev–Trinajstić information content (AvgIpc) is 2.99. The van der Waals surface area contributed by atoms with E-state index >= 15 is 0 Å². The van der Waals surface area contributed by atoms with Crippen molar-refractivity contribution in [2.24, 2.45) is 0 Å². The van der Waals surface area contributed by atoms with Crippen LogP contribution in [0.2, 0.25) is 0 Å². The molecule has 4 nitrogen and oxygen atoms in total. The summed E-state index contributed by atoms with van der Waals surface area (Å²) in [6.45, 7) is 1.98. The Labute approximate surface area is 128 Å². The molecule has 1 N–H and O–H groups in total. The molecule has 1 heterocycles. The van der Waals surface area contributed by atoms with Crippen molar-refractivity contribution in [1.29, 1.82) is 0 Å². The Balaban J connectivity index is 1.64. The van der Waals surface area contributed by atoms with Gasteiger partial charge < -0.3 is 10.1 Å². The first-order chi connectivity index (χ1) is 10.2. The van der Waals surface area contributed by atoms with Gasteiger partial charge in [-0.1, -0.05) is 12.1 Å². The summed E-state index contributed by atoms with van der Waals surface area (Å²) in [5.74, 6) is 0.822. The topological polar surface area (TPSA) is 51.2 Å². The van der Waals surface area contributed by atoms with E-state index in [1.54, 1.807) is 18.4 Å². The van der Waals surface area contributed by atoms with Gasteiger partial charge in [0.2, 0.25) is 5.91 Å². The van der Waals surface area contributed by atoms with Gasteiger partial charge in [-0.2, -0.15) is 0 Å². The van der Waals surface area contributed by atoms with E-state index in [9.17, 15) is 4.79 Å². The zero-order chi connectivity index (χ0) is 14.8. The largest absolute Gasteiger partial charge is 0.496 e. The average molecular weight is 302 g/mol. The molecule has 0 unspecified atom stereocenters. The molecule has 1 aromatic heterocycles. The molecule has 0 radical (unpaired) electrons. The molecule has 0 bridgehead atoms. The van der Waals surface area contributed by atoms with Crippen molar-refractivity contribution in [2.45, 2.75) is 32.6 Å². The van der Waals surface area contributed by atoms with Gasteiger partial charge in [-0.15, -0.1) is 11.3 Å². The fraction of sp³-hybridized carbons (Fsp3) is 0.375. The van der Waals surface area contributed by atoms with E-state index in [4.69, 9.17) is 4.74 Å². The van der Waals surface area contributed by atoms with Crippen LogP contribution in [0, 0.1) is 6.92 Å². The van der Waals surface area contributed by atoms with E-state index in [-0.39, 0.29) is 5.91 Å². The fourth-order valence-electron chi connectivity index (χ4n) is 2.64. The molecule has 0 fully saturated rings. The third kappa shape index (κ3) is 3.08. The minimum atomic E-state index is -0.0213.